The molecule has 2 N–H and O–H groups in total. The van der Waals surface area contributed by atoms with Gasteiger partial charge in [-0.2, -0.15) is 0 Å². The molecule has 7 nitrogen and oxygen atoms in total. The van der Waals surface area contributed by atoms with E-state index < -0.39 is 10.0 Å². The Morgan fingerprint density at radius 3 is 2.72 bits per heavy atom. The number of carbonyl (C=O) groups is 1. The minimum atomic E-state index is -3.74. The summed E-state index contributed by atoms with van der Waals surface area (Å²) < 4.78 is 31.8. The molecule has 3 rings (SSSR count). The van der Waals surface area contributed by atoms with Crippen LogP contribution in [0.4, 0.5) is 5.69 Å². The topological polar surface area (TPSA) is 101 Å². The van der Waals surface area contributed by atoms with Crippen LogP contribution in [-0.2, 0) is 27.7 Å². The number of carbonyl (C=O) groups excluding carboxylic acids is 1. The molecule has 0 unspecified atom stereocenters. The number of nitrogens with zero attached hydrogens (tertiary/aromatic N) is 1. The highest BCUT2D eigenvalue weighted by molar-refractivity contribution is 7.89. The van der Waals surface area contributed by atoms with E-state index in [0.717, 1.165) is 24.9 Å². The Kier molecular flexibility index (Phi) is 4.91. The minimum Gasteiger partial charge on any atom is -0.360 e. The van der Waals surface area contributed by atoms with Gasteiger partial charge in [0.25, 0.3) is 0 Å². The van der Waals surface area contributed by atoms with Gasteiger partial charge in [0, 0.05) is 18.7 Å². The van der Waals surface area contributed by atoms with Crippen LogP contribution in [0.2, 0.25) is 0 Å². The van der Waals surface area contributed by atoms with Gasteiger partial charge in [-0.15, -0.1) is 0 Å². The Morgan fingerprint density at radius 2 is 2.00 bits per heavy atom. The molecule has 0 fully saturated rings. The van der Waals surface area contributed by atoms with Gasteiger partial charge in [0.05, 0.1) is 0 Å². The third kappa shape index (κ3) is 3.91. The first-order valence-electron chi connectivity index (χ1n) is 8.21. The van der Waals surface area contributed by atoms with Crippen molar-refractivity contribution in [2.45, 2.75) is 44.4 Å². The average molecular weight is 363 g/mol. The number of hydrogen-bond donors (Lipinski definition) is 2. The normalized spacial score (nSPS) is 13.7. The van der Waals surface area contributed by atoms with Crippen LogP contribution in [0, 0.1) is 13.8 Å². The largest absolute Gasteiger partial charge is 0.360 e. The Balaban J connectivity index is 1.54. The third-order valence-corrected chi connectivity index (χ3v) is 5.97. The lowest BCUT2D eigenvalue weighted by Crippen LogP contribution is -2.28. The highest BCUT2D eigenvalue weighted by atomic mass is 32.2. The number of sulfonamides is 1. The summed E-state index contributed by atoms with van der Waals surface area (Å²) in [5.74, 6) is -0.00741. The van der Waals surface area contributed by atoms with E-state index in [9.17, 15) is 13.2 Å². The fourth-order valence-electron chi connectivity index (χ4n) is 3.10. The number of rotatable bonds is 6. The number of fused-ring (bicyclic) bond motifs is 1. The number of benzene rings is 1. The van der Waals surface area contributed by atoms with Crippen molar-refractivity contribution in [1.82, 2.24) is 9.88 Å². The van der Waals surface area contributed by atoms with Crippen LogP contribution in [0.25, 0.3) is 0 Å². The second-order valence-electron chi connectivity index (χ2n) is 6.19. The number of aromatic nitrogens is 1. The number of anilines is 1. The van der Waals surface area contributed by atoms with Gasteiger partial charge in [-0.25, -0.2) is 13.1 Å². The summed E-state index contributed by atoms with van der Waals surface area (Å²) in [6.07, 6.45) is 3.32. The minimum absolute atomic E-state index is 0.00314. The van der Waals surface area contributed by atoms with Crippen molar-refractivity contribution in [2.75, 3.05) is 11.9 Å². The summed E-state index contributed by atoms with van der Waals surface area (Å²) in [7, 11) is -3.74. The van der Waals surface area contributed by atoms with E-state index in [2.05, 4.69) is 15.2 Å². The van der Waals surface area contributed by atoms with Gasteiger partial charge in [-0.05, 0) is 56.4 Å². The second-order valence-corrected chi connectivity index (χ2v) is 7.89. The van der Waals surface area contributed by atoms with Crippen molar-refractivity contribution >= 4 is 21.6 Å². The Labute approximate surface area is 146 Å². The smallest absolute Gasteiger partial charge is 0.245 e. The third-order valence-electron chi connectivity index (χ3n) is 4.26. The summed E-state index contributed by atoms with van der Waals surface area (Å²) in [6.45, 7) is 3.10. The van der Waals surface area contributed by atoms with Gasteiger partial charge in [0.1, 0.15) is 10.6 Å². The fourth-order valence-corrected chi connectivity index (χ4v) is 4.46. The molecule has 0 spiro atoms. The maximum absolute atomic E-state index is 12.3. The molecule has 1 aliphatic carbocycles. The number of amides is 1. The molecule has 0 bridgehead atoms. The number of nitrogens with one attached hydrogen (secondary N) is 2. The SMILES string of the molecule is Cc1noc(C)c1S(=O)(=O)NCCC(=O)Nc1ccc2c(c1)CCC2. The standard InChI is InChI=1S/C17H21N3O4S/c1-11-17(12(2)24-20-11)25(22,23)18-9-8-16(21)19-15-7-6-13-4-3-5-14(13)10-15/h6-7,10,18H,3-5,8-9H2,1-2H3,(H,19,21). The van der Waals surface area contributed by atoms with Gasteiger partial charge in [-0.3, -0.25) is 4.79 Å². The zero-order chi connectivity index (χ0) is 18.0. The first kappa shape index (κ1) is 17.6. The van der Waals surface area contributed by atoms with E-state index >= 15 is 0 Å². The van der Waals surface area contributed by atoms with Crippen LogP contribution in [0.15, 0.2) is 27.6 Å². The van der Waals surface area contributed by atoms with Crippen LogP contribution < -0.4 is 10.0 Å². The van der Waals surface area contributed by atoms with E-state index in [0.29, 0.717) is 5.69 Å². The molecular formula is C17H21N3O4S. The maximum Gasteiger partial charge on any atom is 0.245 e. The fraction of sp³-hybridized carbons (Fsp3) is 0.412. The molecule has 1 aromatic carbocycles. The summed E-state index contributed by atoms with van der Waals surface area (Å²) in [6, 6.07) is 5.92. The van der Waals surface area contributed by atoms with Crippen molar-refractivity contribution in [3.05, 3.63) is 40.8 Å². The monoisotopic (exact) mass is 363 g/mol. The summed E-state index contributed by atoms with van der Waals surface area (Å²) in [4.78, 5) is 12.1. The summed E-state index contributed by atoms with van der Waals surface area (Å²) >= 11 is 0. The predicted molar refractivity (Wildman–Crippen MR) is 92.9 cm³/mol. The molecule has 0 atom stereocenters. The van der Waals surface area contributed by atoms with E-state index in [4.69, 9.17) is 4.52 Å². The first-order chi connectivity index (χ1) is 11.9. The van der Waals surface area contributed by atoms with E-state index in [1.807, 2.05) is 18.2 Å². The van der Waals surface area contributed by atoms with Gasteiger partial charge in [0.2, 0.25) is 15.9 Å². The summed E-state index contributed by atoms with van der Waals surface area (Å²) in [5.41, 5.74) is 3.66. The molecule has 0 radical (unpaired) electrons. The zero-order valence-corrected chi connectivity index (χ0v) is 15.1. The van der Waals surface area contributed by atoms with Gasteiger partial charge >= 0.3 is 0 Å². The van der Waals surface area contributed by atoms with Gasteiger partial charge in [0.15, 0.2) is 5.76 Å². The molecule has 1 aliphatic rings. The second kappa shape index (κ2) is 6.97. The van der Waals surface area contributed by atoms with E-state index in [1.54, 1.807) is 6.92 Å². The Bertz CT molecular complexity index is 883. The van der Waals surface area contributed by atoms with Crippen molar-refractivity contribution < 1.29 is 17.7 Å². The molecule has 1 heterocycles. The van der Waals surface area contributed by atoms with Crippen LogP contribution in [0.3, 0.4) is 0 Å². The number of aryl methyl sites for hydroxylation is 4. The molecule has 1 amide bonds. The average Bonchev–Trinajstić information content (AvgIpc) is 3.13. The molecule has 2 aromatic rings. The van der Waals surface area contributed by atoms with E-state index in [-0.39, 0.29) is 29.5 Å². The molecule has 25 heavy (non-hydrogen) atoms. The lowest BCUT2D eigenvalue weighted by molar-refractivity contribution is -0.116. The molecule has 0 aliphatic heterocycles. The molecule has 0 saturated heterocycles. The van der Waals surface area contributed by atoms with Crippen molar-refractivity contribution in [3.8, 4) is 0 Å². The molecule has 1 aromatic heterocycles. The highest BCUT2D eigenvalue weighted by Gasteiger charge is 2.23. The lowest BCUT2D eigenvalue weighted by Gasteiger charge is -2.09. The van der Waals surface area contributed by atoms with Gasteiger partial charge in [-0.1, -0.05) is 11.2 Å². The van der Waals surface area contributed by atoms with Crippen LogP contribution in [0.1, 0.15) is 35.4 Å². The van der Waals surface area contributed by atoms with Crippen LogP contribution >= 0.6 is 0 Å². The predicted octanol–water partition coefficient (Wildman–Crippen LogP) is 2.09. The summed E-state index contributed by atoms with van der Waals surface area (Å²) in [5, 5.41) is 6.45. The Morgan fingerprint density at radius 1 is 1.24 bits per heavy atom. The molecular weight excluding hydrogens is 342 g/mol. The number of hydrogen-bond acceptors (Lipinski definition) is 5. The molecule has 0 saturated carbocycles. The maximum atomic E-state index is 12.3. The van der Waals surface area contributed by atoms with Crippen molar-refractivity contribution in [3.63, 3.8) is 0 Å². The molecule has 8 heteroatoms. The highest BCUT2D eigenvalue weighted by Crippen LogP contribution is 2.25. The van der Waals surface area contributed by atoms with Crippen LogP contribution in [-0.4, -0.2) is 26.0 Å². The molecule has 134 valence electrons. The zero-order valence-electron chi connectivity index (χ0n) is 14.3. The Hall–Kier alpha value is -2.19. The van der Waals surface area contributed by atoms with Crippen molar-refractivity contribution in [2.24, 2.45) is 0 Å². The quantitative estimate of drug-likeness (QED) is 0.818. The van der Waals surface area contributed by atoms with E-state index in [1.165, 1.54) is 18.1 Å². The van der Waals surface area contributed by atoms with Crippen molar-refractivity contribution in [1.29, 1.82) is 0 Å². The van der Waals surface area contributed by atoms with Gasteiger partial charge < -0.3 is 9.84 Å². The lowest BCUT2D eigenvalue weighted by atomic mass is 10.1. The van der Waals surface area contributed by atoms with Crippen LogP contribution in [0.5, 0.6) is 0 Å². The first-order valence-corrected chi connectivity index (χ1v) is 9.69.